The van der Waals surface area contributed by atoms with E-state index in [4.69, 9.17) is 5.11 Å². The molecule has 2 aromatic rings. The highest BCUT2D eigenvalue weighted by atomic mass is 16.4. The van der Waals surface area contributed by atoms with Gasteiger partial charge in [-0.15, -0.1) is 0 Å². The van der Waals surface area contributed by atoms with E-state index in [1.165, 1.54) is 6.20 Å². The molecule has 6 heteroatoms. The fourth-order valence-corrected chi connectivity index (χ4v) is 1.90. The van der Waals surface area contributed by atoms with E-state index in [1.54, 1.807) is 6.07 Å². The predicted molar refractivity (Wildman–Crippen MR) is 77.9 cm³/mol. The number of carbonyl (C=O) groups excluding carboxylic acids is 1. The Kier molecular flexibility index (Phi) is 4.81. The van der Waals surface area contributed by atoms with Crippen molar-refractivity contribution in [3.05, 3.63) is 36.2 Å². The molecule has 2 rings (SSSR count). The van der Waals surface area contributed by atoms with Crippen molar-refractivity contribution in [3.8, 4) is 0 Å². The Labute approximate surface area is 122 Å². The molecule has 0 aliphatic rings. The van der Waals surface area contributed by atoms with Crippen LogP contribution >= 0.6 is 0 Å². The lowest BCUT2D eigenvalue weighted by Gasteiger charge is -2.11. The van der Waals surface area contributed by atoms with Gasteiger partial charge in [0.2, 0.25) is 0 Å². The molecule has 0 aliphatic carbocycles. The highest BCUT2D eigenvalue weighted by molar-refractivity contribution is 5.93. The zero-order chi connectivity index (χ0) is 15.2. The van der Waals surface area contributed by atoms with E-state index in [2.05, 4.69) is 15.3 Å². The molecule has 0 spiro atoms. The Morgan fingerprint density at radius 1 is 1.29 bits per heavy atom. The number of benzene rings is 1. The van der Waals surface area contributed by atoms with Gasteiger partial charge in [-0.05, 0) is 24.5 Å². The maximum Gasteiger partial charge on any atom is 0.303 e. The fraction of sp³-hybridized carbons (Fsp3) is 0.333. The number of rotatable bonds is 6. The average molecular weight is 287 g/mol. The van der Waals surface area contributed by atoms with E-state index in [0.29, 0.717) is 18.5 Å². The summed E-state index contributed by atoms with van der Waals surface area (Å²) in [5.74, 6) is -1.03. The van der Waals surface area contributed by atoms with Gasteiger partial charge in [-0.2, -0.15) is 0 Å². The molecule has 1 unspecified atom stereocenters. The van der Waals surface area contributed by atoms with Crippen LogP contribution in [0.4, 0.5) is 0 Å². The van der Waals surface area contributed by atoms with Gasteiger partial charge < -0.3 is 10.4 Å². The van der Waals surface area contributed by atoms with Gasteiger partial charge in [0.15, 0.2) is 0 Å². The first-order chi connectivity index (χ1) is 10.1. The molecule has 6 nitrogen and oxygen atoms in total. The lowest BCUT2D eigenvalue weighted by molar-refractivity contribution is -0.137. The van der Waals surface area contributed by atoms with Gasteiger partial charge in [-0.3, -0.25) is 14.6 Å². The summed E-state index contributed by atoms with van der Waals surface area (Å²) in [6, 6.07) is 7.33. The van der Waals surface area contributed by atoms with Crippen LogP contribution in [0.5, 0.6) is 0 Å². The van der Waals surface area contributed by atoms with Crippen LogP contribution in [-0.2, 0) is 4.79 Å². The number of aliphatic carboxylic acids is 1. The summed E-state index contributed by atoms with van der Waals surface area (Å²) < 4.78 is 0. The van der Waals surface area contributed by atoms with E-state index in [0.717, 1.165) is 5.52 Å². The number of carbonyl (C=O) groups is 2. The van der Waals surface area contributed by atoms with Crippen molar-refractivity contribution >= 4 is 22.9 Å². The summed E-state index contributed by atoms with van der Waals surface area (Å²) in [5, 5.41) is 11.4. The second-order valence-corrected chi connectivity index (χ2v) is 4.99. The Morgan fingerprint density at radius 3 is 2.71 bits per heavy atom. The van der Waals surface area contributed by atoms with Crippen LogP contribution in [0.25, 0.3) is 11.0 Å². The number of hydrogen-bond acceptors (Lipinski definition) is 4. The van der Waals surface area contributed by atoms with Crippen molar-refractivity contribution in [2.24, 2.45) is 5.92 Å². The highest BCUT2D eigenvalue weighted by Gasteiger charge is 2.11. The number of carboxylic acid groups (broad SMARTS) is 1. The normalized spacial score (nSPS) is 12.0. The largest absolute Gasteiger partial charge is 0.481 e. The van der Waals surface area contributed by atoms with E-state index in [9.17, 15) is 9.59 Å². The highest BCUT2D eigenvalue weighted by Crippen LogP contribution is 2.09. The van der Waals surface area contributed by atoms with Crippen molar-refractivity contribution in [3.63, 3.8) is 0 Å². The molecule has 110 valence electrons. The van der Waals surface area contributed by atoms with E-state index >= 15 is 0 Å². The van der Waals surface area contributed by atoms with Gasteiger partial charge in [0.25, 0.3) is 5.91 Å². The first kappa shape index (κ1) is 14.9. The molecule has 0 radical (unpaired) electrons. The number of carboxylic acids is 1. The molecule has 1 heterocycles. The van der Waals surface area contributed by atoms with Gasteiger partial charge in [-0.1, -0.05) is 19.1 Å². The average Bonchev–Trinajstić information content (AvgIpc) is 2.50. The molecule has 0 saturated heterocycles. The van der Waals surface area contributed by atoms with E-state index in [-0.39, 0.29) is 23.9 Å². The van der Waals surface area contributed by atoms with Crippen molar-refractivity contribution in [1.82, 2.24) is 15.3 Å². The maximum absolute atomic E-state index is 12.0. The van der Waals surface area contributed by atoms with Crippen molar-refractivity contribution < 1.29 is 14.7 Å². The molecule has 1 aromatic carbocycles. The van der Waals surface area contributed by atoms with Gasteiger partial charge in [-0.25, -0.2) is 4.98 Å². The minimum Gasteiger partial charge on any atom is -0.481 e. The van der Waals surface area contributed by atoms with E-state index in [1.807, 2.05) is 25.1 Å². The van der Waals surface area contributed by atoms with Crippen LogP contribution in [0, 0.1) is 5.92 Å². The Balaban J connectivity index is 1.94. The summed E-state index contributed by atoms with van der Waals surface area (Å²) >= 11 is 0. The molecule has 21 heavy (non-hydrogen) atoms. The first-order valence-corrected chi connectivity index (χ1v) is 6.78. The number of hydrogen-bond donors (Lipinski definition) is 2. The number of aromatic nitrogens is 2. The second-order valence-electron chi connectivity index (χ2n) is 4.99. The summed E-state index contributed by atoms with van der Waals surface area (Å²) in [5.41, 5.74) is 1.67. The lowest BCUT2D eigenvalue weighted by Crippen LogP contribution is -2.29. The number of nitrogens with zero attached hydrogens (tertiary/aromatic N) is 2. The molecule has 0 saturated carbocycles. The van der Waals surface area contributed by atoms with Gasteiger partial charge in [0.1, 0.15) is 5.69 Å². The molecule has 1 amide bonds. The lowest BCUT2D eigenvalue weighted by atomic mass is 10.1. The van der Waals surface area contributed by atoms with Crippen LogP contribution in [-0.4, -0.2) is 33.5 Å². The third kappa shape index (κ3) is 4.24. The first-order valence-electron chi connectivity index (χ1n) is 6.78. The van der Waals surface area contributed by atoms with Crippen LogP contribution in [0.2, 0.25) is 0 Å². The Hall–Kier alpha value is -2.50. The molecule has 0 bridgehead atoms. The van der Waals surface area contributed by atoms with E-state index < -0.39 is 5.97 Å². The molecule has 2 N–H and O–H groups in total. The van der Waals surface area contributed by atoms with Crippen molar-refractivity contribution in [2.75, 3.05) is 6.54 Å². The molecule has 0 fully saturated rings. The predicted octanol–water partition coefficient (Wildman–Crippen LogP) is 1.86. The Morgan fingerprint density at radius 2 is 2.00 bits per heavy atom. The third-order valence-corrected chi connectivity index (χ3v) is 3.14. The smallest absolute Gasteiger partial charge is 0.303 e. The SMILES string of the molecule is CC(CCC(=O)O)CNC(=O)c1cnc2ccccc2n1. The molecular formula is C15H17N3O3. The molecule has 1 atom stereocenters. The van der Waals surface area contributed by atoms with Gasteiger partial charge >= 0.3 is 5.97 Å². The summed E-state index contributed by atoms with van der Waals surface area (Å²) in [7, 11) is 0. The third-order valence-electron chi connectivity index (χ3n) is 3.14. The quantitative estimate of drug-likeness (QED) is 0.846. The minimum atomic E-state index is -0.825. The fourth-order valence-electron chi connectivity index (χ4n) is 1.90. The number of nitrogens with one attached hydrogen (secondary N) is 1. The monoisotopic (exact) mass is 287 g/mol. The minimum absolute atomic E-state index is 0.0958. The van der Waals surface area contributed by atoms with Crippen molar-refractivity contribution in [2.45, 2.75) is 19.8 Å². The summed E-state index contributed by atoms with van der Waals surface area (Å²) in [6.07, 6.45) is 2.07. The zero-order valence-corrected chi connectivity index (χ0v) is 11.7. The topological polar surface area (TPSA) is 92.2 Å². The molecule has 0 aliphatic heterocycles. The number of fused-ring (bicyclic) bond motifs is 1. The second kappa shape index (κ2) is 6.78. The number of amides is 1. The maximum atomic E-state index is 12.0. The number of para-hydroxylation sites is 2. The Bertz CT molecular complexity index is 657. The van der Waals surface area contributed by atoms with Crippen LogP contribution < -0.4 is 5.32 Å². The summed E-state index contributed by atoms with van der Waals surface area (Å²) in [4.78, 5) is 30.9. The van der Waals surface area contributed by atoms with Crippen LogP contribution in [0.3, 0.4) is 0 Å². The molecule has 1 aromatic heterocycles. The summed E-state index contributed by atoms with van der Waals surface area (Å²) in [6.45, 7) is 2.32. The van der Waals surface area contributed by atoms with Gasteiger partial charge in [0.05, 0.1) is 17.2 Å². The molecular weight excluding hydrogens is 270 g/mol. The van der Waals surface area contributed by atoms with Crippen molar-refractivity contribution in [1.29, 1.82) is 0 Å². The zero-order valence-electron chi connectivity index (χ0n) is 11.7. The van der Waals surface area contributed by atoms with Gasteiger partial charge in [0, 0.05) is 13.0 Å². The standard InChI is InChI=1S/C15H17N3O3/c1-10(6-7-14(19)20)8-17-15(21)13-9-16-11-4-2-3-5-12(11)18-13/h2-5,9-10H,6-8H2,1H3,(H,17,21)(H,19,20). The van der Waals surface area contributed by atoms with Crippen LogP contribution in [0.1, 0.15) is 30.3 Å². The van der Waals surface area contributed by atoms with Crippen LogP contribution in [0.15, 0.2) is 30.5 Å².